The van der Waals surface area contributed by atoms with Gasteiger partial charge >= 0.3 is 6.18 Å². The van der Waals surface area contributed by atoms with Gasteiger partial charge in [0.25, 0.3) is 11.8 Å². The quantitative estimate of drug-likeness (QED) is 0.544. The first-order chi connectivity index (χ1) is 16.2. The Kier molecular flexibility index (Phi) is 6.95. The Morgan fingerprint density at radius 3 is 2.38 bits per heavy atom. The van der Waals surface area contributed by atoms with Crippen LogP contribution in [0.25, 0.3) is 10.8 Å². The fourth-order valence-corrected chi connectivity index (χ4v) is 3.83. The van der Waals surface area contributed by atoms with Gasteiger partial charge in [-0.2, -0.15) is 13.2 Å². The maximum absolute atomic E-state index is 13.1. The van der Waals surface area contributed by atoms with Crippen molar-refractivity contribution in [3.05, 3.63) is 70.7 Å². The van der Waals surface area contributed by atoms with E-state index < -0.39 is 29.3 Å². The van der Waals surface area contributed by atoms with Crippen LogP contribution in [0.15, 0.2) is 54.6 Å². The standard InChI is InChI=1S/C24H20ClF3N2O4/c25-20-6-5-17(13-19(20)24(26,27)28)29-22(31)14-34-21-12-16-4-2-1-3-15(16)11-18(21)23(32)30-7-9-33-10-8-30/h1-6,11-13H,7-10,14H2,(H,29,31). The van der Waals surface area contributed by atoms with Gasteiger partial charge in [0.1, 0.15) is 5.75 Å². The third-order valence-corrected chi connectivity index (χ3v) is 5.62. The molecule has 10 heteroatoms. The van der Waals surface area contributed by atoms with Crippen molar-refractivity contribution in [2.24, 2.45) is 0 Å². The SMILES string of the molecule is O=C(COc1cc2ccccc2cc1C(=O)N1CCOCC1)Nc1ccc(Cl)c(C(F)(F)F)c1. The zero-order valence-electron chi connectivity index (χ0n) is 17.8. The summed E-state index contributed by atoms with van der Waals surface area (Å²) in [6, 6.07) is 13.8. The molecule has 3 aromatic rings. The summed E-state index contributed by atoms with van der Waals surface area (Å²) in [5.74, 6) is -0.734. The summed E-state index contributed by atoms with van der Waals surface area (Å²) in [7, 11) is 0. The molecule has 2 amide bonds. The van der Waals surface area contributed by atoms with Crippen LogP contribution in [-0.4, -0.2) is 49.6 Å². The molecule has 0 aliphatic carbocycles. The lowest BCUT2D eigenvalue weighted by atomic mass is 10.0. The zero-order chi connectivity index (χ0) is 24.3. The van der Waals surface area contributed by atoms with Crippen molar-refractivity contribution in [3.8, 4) is 5.75 Å². The van der Waals surface area contributed by atoms with Crippen molar-refractivity contribution < 1.29 is 32.2 Å². The van der Waals surface area contributed by atoms with E-state index in [1.54, 1.807) is 17.0 Å². The number of rotatable bonds is 5. The fraction of sp³-hybridized carbons (Fsp3) is 0.250. The monoisotopic (exact) mass is 492 g/mol. The molecule has 0 aromatic heterocycles. The molecule has 3 aromatic carbocycles. The number of hydrogen-bond acceptors (Lipinski definition) is 4. The lowest BCUT2D eigenvalue weighted by molar-refractivity contribution is -0.137. The first-order valence-electron chi connectivity index (χ1n) is 10.4. The predicted octanol–water partition coefficient (Wildman–Crippen LogP) is 5.00. The van der Waals surface area contributed by atoms with Crippen molar-refractivity contribution in [1.82, 2.24) is 4.90 Å². The highest BCUT2D eigenvalue weighted by atomic mass is 35.5. The van der Waals surface area contributed by atoms with Gasteiger partial charge in [-0.1, -0.05) is 35.9 Å². The molecule has 0 unspecified atom stereocenters. The minimum atomic E-state index is -4.66. The zero-order valence-corrected chi connectivity index (χ0v) is 18.6. The Morgan fingerprint density at radius 1 is 1.03 bits per heavy atom. The third-order valence-electron chi connectivity index (χ3n) is 5.29. The van der Waals surface area contributed by atoms with Crippen LogP contribution in [0.3, 0.4) is 0 Å². The molecule has 1 saturated heterocycles. The summed E-state index contributed by atoms with van der Waals surface area (Å²) in [6.07, 6.45) is -4.66. The van der Waals surface area contributed by atoms with Crippen molar-refractivity contribution in [1.29, 1.82) is 0 Å². The maximum Gasteiger partial charge on any atom is 0.417 e. The molecular weight excluding hydrogens is 473 g/mol. The Labute approximate surface area is 198 Å². The molecule has 0 saturated carbocycles. The average molecular weight is 493 g/mol. The summed E-state index contributed by atoms with van der Waals surface area (Å²) >= 11 is 5.62. The van der Waals surface area contributed by atoms with Gasteiger partial charge in [-0.05, 0) is 41.1 Å². The molecule has 178 valence electrons. The Balaban J connectivity index is 1.53. The number of morpholine rings is 1. The summed E-state index contributed by atoms with van der Waals surface area (Å²) in [5.41, 5.74) is -0.839. The van der Waals surface area contributed by atoms with E-state index in [2.05, 4.69) is 5.32 Å². The summed E-state index contributed by atoms with van der Waals surface area (Å²) in [5, 5.41) is 3.54. The average Bonchev–Trinajstić information content (AvgIpc) is 2.82. The van der Waals surface area contributed by atoms with Crippen LogP contribution in [0.1, 0.15) is 15.9 Å². The number of benzene rings is 3. The minimum absolute atomic E-state index is 0.0755. The molecule has 0 radical (unpaired) electrons. The summed E-state index contributed by atoms with van der Waals surface area (Å²) in [4.78, 5) is 27.2. The smallest absolute Gasteiger partial charge is 0.417 e. The van der Waals surface area contributed by atoms with E-state index in [0.29, 0.717) is 31.9 Å². The molecule has 6 nitrogen and oxygen atoms in total. The number of hydrogen-bond donors (Lipinski definition) is 1. The van der Waals surface area contributed by atoms with Crippen LogP contribution < -0.4 is 10.1 Å². The first-order valence-corrected chi connectivity index (χ1v) is 10.8. The highest BCUT2D eigenvalue weighted by Crippen LogP contribution is 2.36. The van der Waals surface area contributed by atoms with Gasteiger partial charge in [0.2, 0.25) is 0 Å². The largest absolute Gasteiger partial charge is 0.483 e. The van der Waals surface area contributed by atoms with Gasteiger partial charge in [0.15, 0.2) is 6.61 Å². The van der Waals surface area contributed by atoms with E-state index in [4.69, 9.17) is 21.1 Å². The van der Waals surface area contributed by atoms with Crippen molar-refractivity contribution in [2.45, 2.75) is 6.18 Å². The third kappa shape index (κ3) is 5.43. The number of nitrogens with one attached hydrogen (secondary N) is 1. The molecule has 4 rings (SSSR count). The molecule has 0 spiro atoms. The number of fused-ring (bicyclic) bond motifs is 1. The Morgan fingerprint density at radius 2 is 1.71 bits per heavy atom. The molecule has 34 heavy (non-hydrogen) atoms. The molecular formula is C24H20ClF3N2O4. The molecule has 0 bridgehead atoms. The number of nitrogens with zero attached hydrogens (tertiary/aromatic N) is 1. The van der Waals surface area contributed by atoms with Gasteiger partial charge in [-0.15, -0.1) is 0 Å². The number of halogens is 4. The van der Waals surface area contributed by atoms with Crippen molar-refractivity contribution in [3.63, 3.8) is 0 Å². The highest BCUT2D eigenvalue weighted by molar-refractivity contribution is 6.31. The summed E-state index contributed by atoms with van der Waals surface area (Å²) in [6.45, 7) is 1.22. The molecule has 1 aliphatic rings. The van der Waals surface area contributed by atoms with E-state index in [0.717, 1.165) is 22.9 Å². The second-order valence-corrected chi connectivity index (χ2v) is 8.04. The Bertz CT molecular complexity index is 1230. The van der Waals surface area contributed by atoms with Gasteiger partial charge in [-0.25, -0.2) is 0 Å². The number of anilines is 1. The van der Waals surface area contributed by atoms with E-state index in [-0.39, 0.29) is 17.3 Å². The topological polar surface area (TPSA) is 67.9 Å². The van der Waals surface area contributed by atoms with Crippen LogP contribution in [0.5, 0.6) is 5.75 Å². The van der Waals surface area contributed by atoms with E-state index >= 15 is 0 Å². The molecule has 1 N–H and O–H groups in total. The van der Waals surface area contributed by atoms with Crippen LogP contribution >= 0.6 is 11.6 Å². The number of carbonyl (C=O) groups is 2. The molecule has 1 heterocycles. The first kappa shape index (κ1) is 23.8. The number of amides is 2. The van der Waals surface area contributed by atoms with Gasteiger partial charge in [0.05, 0.1) is 29.4 Å². The van der Waals surface area contributed by atoms with E-state index in [1.807, 2.05) is 24.3 Å². The number of alkyl halides is 3. The molecule has 1 fully saturated rings. The normalized spacial score (nSPS) is 14.2. The lowest BCUT2D eigenvalue weighted by Gasteiger charge is -2.27. The summed E-state index contributed by atoms with van der Waals surface area (Å²) < 4.78 is 50.2. The highest BCUT2D eigenvalue weighted by Gasteiger charge is 2.33. The minimum Gasteiger partial charge on any atom is -0.483 e. The molecule has 1 aliphatic heterocycles. The van der Waals surface area contributed by atoms with Crippen LogP contribution in [-0.2, 0) is 15.7 Å². The second-order valence-electron chi connectivity index (χ2n) is 7.63. The van der Waals surface area contributed by atoms with Crippen LogP contribution in [0, 0.1) is 0 Å². The lowest BCUT2D eigenvalue weighted by Crippen LogP contribution is -2.40. The predicted molar refractivity (Wildman–Crippen MR) is 121 cm³/mol. The van der Waals surface area contributed by atoms with Gasteiger partial charge in [0, 0.05) is 18.8 Å². The molecule has 0 atom stereocenters. The van der Waals surface area contributed by atoms with Crippen LogP contribution in [0.2, 0.25) is 5.02 Å². The van der Waals surface area contributed by atoms with E-state index in [1.165, 1.54) is 6.07 Å². The van der Waals surface area contributed by atoms with E-state index in [9.17, 15) is 22.8 Å². The number of carbonyl (C=O) groups excluding carboxylic acids is 2. The number of ether oxygens (including phenoxy) is 2. The second kappa shape index (κ2) is 9.90. The maximum atomic E-state index is 13.1. The van der Waals surface area contributed by atoms with Crippen LogP contribution in [0.4, 0.5) is 18.9 Å². The Hall–Kier alpha value is -3.30. The van der Waals surface area contributed by atoms with Gasteiger partial charge in [-0.3, -0.25) is 9.59 Å². The van der Waals surface area contributed by atoms with Gasteiger partial charge < -0.3 is 19.7 Å². The van der Waals surface area contributed by atoms with Crippen molar-refractivity contribution in [2.75, 3.05) is 38.2 Å². The van der Waals surface area contributed by atoms with Crippen molar-refractivity contribution >= 4 is 39.9 Å². The fourth-order valence-electron chi connectivity index (χ4n) is 3.60.